The molecule has 0 fully saturated rings. The van der Waals surface area contributed by atoms with Crippen molar-refractivity contribution in [2.24, 2.45) is 5.73 Å². The molecule has 1 heterocycles. The molecule has 50 valence electrons. The Labute approximate surface area is 53.7 Å². The van der Waals surface area contributed by atoms with Crippen LogP contribution in [0.4, 0.5) is 0 Å². The minimum atomic E-state index is 0.145. The molecule has 9 heavy (non-hydrogen) atoms. The van der Waals surface area contributed by atoms with Gasteiger partial charge in [-0.3, -0.25) is 4.68 Å². The third-order valence-electron chi connectivity index (χ3n) is 0.942. The smallest absolute Gasteiger partial charge is 0.137 e. The lowest BCUT2D eigenvalue weighted by molar-refractivity contribution is 0.537. The van der Waals surface area contributed by atoms with Crippen LogP contribution in [0, 0.1) is 0 Å². The molecule has 1 rings (SSSR count). The van der Waals surface area contributed by atoms with Crippen molar-refractivity contribution in [2.75, 3.05) is 0 Å². The zero-order valence-corrected chi connectivity index (χ0v) is 5.36. The first kappa shape index (κ1) is 6.22. The predicted octanol–water partition coefficient (Wildman–Crippen LogP) is -0.375. The molecule has 0 aliphatic rings. The van der Waals surface area contributed by atoms with Crippen LogP contribution in [0.2, 0.25) is 0 Å². The van der Waals surface area contributed by atoms with Crippen LogP contribution in [0.5, 0.6) is 0 Å². The van der Waals surface area contributed by atoms with Crippen LogP contribution < -0.4 is 5.73 Å². The van der Waals surface area contributed by atoms with Gasteiger partial charge in [0.15, 0.2) is 0 Å². The Kier molecular flexibility index (Phi) is 1.79. The second kappa shape index (κ2) is 2.59. The van der Waals surface area contributed by atoms with E-state index in [1.165, 1.54) is 6.33 Å². The van der Waals surface area contributed by atoms with E-state index in [1.807, 2.05) is 6.92 Å². The monoisotopic (exact) mass is 126 g/mol. The summed E-state index contributed by atoms with van der Waals surface area (Å²) in [6.45, 7) is 2.67. The summed E-state index contributed by atoms with van der Waals surface area (Å²) in [6.07, 6.45) is 3.16. The molecule has 0 aliphatic carbocycles. The van der Waals surface area contributed by atoms with Gasteiger partial charge < -0.3 is 5.73 Å². The van der Waals surface area contributed by atoms with E-state index >= 15 is 0 Å². The molecule has 0 unspecified atom stereocenters. The van der Waals surface area contributed by atoms with Crippen LogP contribution in [0.25, 0.3) is 0 Å². The lowest BCUT2D eigenvalue weighted by atomic mass is 10.4. The summed E-state index contributed by atoms with van der Waals surface area (Å²) in [5.74, 6) is 0. The number of hydrogen-bond acceptors (Lipinski definition) is 3. The molecule has 0 spiro atoms. The van der Waals surface area contributed by atoms with Crippen LogP contribution in [0.1, 0.15) is 6.92 Å². The molecule has 1 aromatic rings. The standard InChI is InChI=1S/C5H10N4/c1-5(6)2-9-4-7-3-8-9/h3-5H,2,6H2,1H3/t5-/m0/s1. The number of nitrogens with two attached hydrogens (primary N) is 1. The first-order chi connectivity index (χ1) is 4.29. The molecule has 0 aliphatic heterocycles. The Bertz CT molecular complexity index is 155. The molecule has 4 heteroatoms. The van der Waals surface area contributed by atoms with E-state index in [0.29, 0.717) is 0 Å². The normalized spacial score (nSPS) is 13.6. The largest absolute Gasteiger partial charge is 0.326 e. The molecule has 0 saturated heterocycles. The third-order valence-corrected chi connectivity index (χ3v) is 0.942. The summed E-state index contributed by atoms with van der Waals surface area (Å²) < 4.78 is 1.71. The van der Waals surface area contributed by atoms with Gasteiger partial charge in [0.2, 0.25) is 0 Å². The topological polar surface area (TPSA) is 56.7 Å². The predicted molar refractivity (Wildman–Crippen MR) is 33.7 cm³/mol. The summed E-state index contributed by atoms with van der Waals surface area (Å²) in [6, 6.07) is 0.145. The van der Waals surface area contributed by atoms with E-state index in [0.717, 1.165) is 6.54 Å². The lowest BCUT2D eigenvalue weighted by Crippen LogP contribution is -2.22. The van der Waals surface area contributed by atoms with E-state index in [2.05, 4.69) is 10.1 Å². The Hall–Kier alpha value is -0.900. The number of nitrogens with zero attached hydrogens (tertiary/aromatic N) is 3. The van der Waals surface area contributed by atoms with Crippen molar-refractivity contribution >= 4 is 0 Å². The van der Waals surface area contributed by atoms with E-state index in [-0.39, 0.29) is 6.04 Å². The maximum absolute atomic E-state index is 5.50. The van der Waals surface area contributed by atoms with Gasteiger partial charge in [-0.25, -0.2) is 4.98 Å². The van der Waals surface area contributed by atoms with Crippen molar-refractivity contribution in [3.05, 3.63) is 12.7 Å². The van der Waals surface area contributed by atoms with Crippen molar-refractivity contribution < 1.29 is 0 Å². The second-order valence-corrected chi connectivity index (χ2v) is 2.09. The fraction of sp³-hybridized carbons (Fsp3) is 0.600. The van der Waals surface area contributed by atoms with E-state index < -0.39 is 0 Å². The zero-order chi connectivity index (χ0) is 6.69. The molecular weight excluding hydrogens is 116 g/mol. The molecule has 0 radical (unpaired) electrons. The van der Waals surface area contributed by atoms with E-state index in [9.17, 15) is 0 Å². The highest BCUT2D eigenvalue weighted by atomic mass is 15.3. The van der Waals surface area contributed by atoms with Crippen molar-refractivity contribution in [3.63, 3.8) is 0 Å². The van der Waals surface area contributed by atoms with Gasteiger partial charge in [-0.15, -0.1) is 0 Å². The Morgan fingerprint density at radius 1 is 1.78 bits per heavy atom. The van der Waals surface area contributed by atoms with Gasteiger partial charge in [-0.2, -0.15) is 5.10 Å². The first-order valence-electron chi connectivity index (χ1n) is 2.87. The molecule has 0 aromatic carbocycles. The highest BCUT2D eigenvalue weighted by Crippen LogP contribution is 1.82. The van der Waals surface area contributed by atoms with Crippen LogP contribution in [0.3, 0.4) is 0 Å². The summed E-state index contributed by atoms with van der Waals surface area (Å²) in [7, 11) is 0. The van der Waals surface area contributed by atoms with Gasteiger partial charge in [0.25, 0.3) is 0 Å². The highest BCUT2D eigenvalue weighted by Gasteiger charge is 1.93. The van der Waals surface area contributed by atoms with Crippen molar-refractivity contribution in [1.29, 1.82) is 0 Å². The van der Waals surface area contributed by atoms with E-state index in [4.69, 9.17) is 5.73 Å². The minimum Gasteiger partial charge on any atom is -0.326 e. The summed E-state index contributed by atoms with van der Waals surface area (Å²) in [5, 5.41) is 3.88. The fourth-order valence-electron chi connectivity index (χ4n) is 0.622. The molecule has 0 saturated carbocycles. The summed E-state index contributed by atoms with van der Waals surface area (Å²) >= 11 is 0. The van der Waals surface area contributed by atoms with Crippen LogP contribution in [0.15, 0.2) is 12.7 Å². The summed E-state index contributed by atoms with van der Waals surface area (Å²) in [4.78, 5) is 3.77. The molecule has 0 amide bonds. The lowest BCUT2D eigenvalue weighted by Gasteiger charge is -2.01. The van der Waals surface area contributed by atoms with Crippen molar-refractivity contribution in [3.8, 4) is 0 Å². The third kappa shape index (κ3) is 1.81. The second-order valence-electron chi connectivity index (χ2n) is 2.09. The van der Waals surface area contributed by atoms with Crippen LogP contribution >= 0.6 is 0 Å². The van der Waals surface area contributed by atoms with Gasteiger partial charge in [0.1, 0.15) is 12.7 Å². The highest BCUT2D eigenvalue weighted by molar-refractivity contribution is 4.59. The minimum absolute atomic E-state index is 0.145. The molecular formula is C5H10N4. The molecule has 0 bridgehead atoms. The van der Waals surface area contributed by atoms with Gasteiger partial charge in [-0.05, 0) is 6.92 Å². The van der Waals surface area contributed by atoms with Gasteiger partial charge in [0.05, 0.1) is 6.54 Å². The van der Waals surface area contributed by atoms with Crippen molar-refractivity contribution in [2.45, 2.75) is 19.5 Å². The number of rotatable bonds is 2. The fourth-order valence-corrected chi connectivity index (χ4v) is 0.622. The number of hydrogen-bond donors (Lipinski definition) is 1. The molecule has 1 atom stereocenters. The maximum atomic E-state index is 5.50. The van der Waals surface area contributed by atoms with E-state index in [1.54, 1.807) is 11.0 Å². The quantitative estimate of drug-likeness (QED) is 0.588. The average molecular weight is 126 g/mol. The maximum Gasteiger partial charge on any atom is 0.137 e. The average Bonchev–Trinajstić information content (AvgIpc) is 2.15. The first-order valence-corrected chi connectivity index (χ1v) is 2.87. The Balaban J connectivity index is 2.48. The Morgan fingerprint density at radius 2 is 2.56 bits per heavy atom. The van der Waals surface area contributed by atoms with Gasteiger partial charge in [0, 0.05) is 6.04 Å². The van der Waals surface area contributed by atoms with Crippen LogP contribution in [-0.2, 0) is 6.54 Å². The molecule has 1 aromatic heterocycles. The zero-order valence-electron chi connectivity index (χ0n) is 5.36. The molecule has 4 nitrogen and oxygen atoms in total. The summed E-state index contributed by atoms with van der Waals surface area (Å²) in [5.41, 5.74) is 5.50. The van der Waals surface area contributed by atoms with Crippen molar-refractivity contribution in [1.82, 2.24) is 14.8 Å². The van der Waals surface area contributed by atoms with Gasteiger partial charge >= 0.3 is 0 Å². The SMILES string of the molecule is C[C@H](N)Cn1cncn1. The van der Waals surface area contributed by atoms with Crippen LogP contribution in [-0.4, -0.2) is 20.8 Å². The number of aromatic nitrogens is 3. The van der Waals surface area contributed by atoms with Gasteiger partial charge in [-0.1, -0.05) is 0 Å². The Morgan fingerprint density at radius 3 is 3.00 bits per heavy atom. The molecule has 2 N–H and O–H groups in total.